The second-order valence-corrected chi connectivity index (χ2v) is 6.63. The largest absolute Gasteiger partial charge is 0.347 e. The van der Waals surface area contributed by atoms with Crippen LogP contribution in [0.3, 0.4) is 0 Å². The summed E-state index contributed by atoms with van der Waals surface area (Å²) in [5.41, 5.74) is 0. The van der Waals surface area contributed by atoms with Crippen molar-refractivity contribution in [2.24, 2.45) is 0 Å². The molecule has 2 N–H and O–H groups in total. The van der Waals surface area contributed by atoms with Crippen LogP contribution in [-0.4, -0.2) is 18.4 Å². The molecule has 2 heterocycles. The number of hydrogen-bond acceptors (Lipinski definition) is 4. The Bertz CT molecular complexity index is 562. The highest BCUT2D eigenvalue weighted by Gasteiger charge is 2.16. The van der Waals surface area contributed by atoms with Gasteiger partial charge in [-0.3, -0.25) is 0 Å². The van der Waals surface area contributed by atoms with Crippen LogP contribution >= 0.6 is 22.9 Å². The Hall–Kier alpha value is -0.890. The summed E-state index contributed by atoms with van der Waals surface area (Å²) in [7, 11) is -3.49. The maximum atomic E-state index is 11.7. The van der Waals surface area contributed by atoms with Gasteiger partial charge in [0.25, 0.3) is 10.0 Å². The highest BCUT2D eigenvalue weighted by Crippen LogP contribution is 2.25. The summed E-state index contributed by atoms with van der Waals surface area (Å²) in [6, 6.07) is 3.02. The standard InChI is InChI=1S/C8H8ClN3O2S2/c9-6-1-2-8(15-6)16(13,14)12-5-7-10-3-4-11-7/h1-4,12H,5H2,(H,10,11). The zero-order valence-corrected chi connectivity index (χ0v) is 10.4. The summed E-state index contributed by atoms with van der Waals surface area (Å²) in [4.78, 5) is 6.72. The van der Waals surface area contributed by atoms with Crippen LogP contribution in [0.15, 0.2) is 28.7 Å². The van der Waals surface area contributed by atoms with E-state index in [2.05, 4.69) is 14.7 Å². The minimum atomic E-state index is -3.49. The predicted octanol–water partition coefficient (Wildman–Crippen LogP) is 1.60. The number of H-pyrrole nitrogens is 1. The van der Waals surface area contributed by atoms with Gasteiger partial charge >= 0.3 is 0 Å². The van der Waals surface area contributed by atoms with Gasteiger partial charge in [-0.05, 0) is 12.1 Å². The summed E-state index contributed by atoms with van der Waals surface area (Å²) in [5.74, 6) is 0.561. The molecule has 0 aliphatic carbocycles. The van der Waals surface area contributed by atoms with Gasteiger partial charge in [0.15, 0.2) is 0 Å². The molecule has 0 unspecified atom stereocenters. The fourth-order valence-electron chi connectivity index (χ4n) is 1.07. The molecule has 0 fully saturated rings. The fraction of sp³-hybridized carbons (Fsp3) is 0.125. The van der Waals surface area contributed by atoms with Gasteiger partial charge in [0.2, 0.25) is 0 Å². The first-order chi connectivity index (χ1) is 7.58. The molecule has 0 aliphatic heterocycles. The van der Waals surface area contributed by atoms with Crippen LogP contribution in [0.1, 0.15) is 5.82 Å². The molecule has 0 bridgehead atoms. The van der Waals surface area contributed by atoms with Gasteiger partial charge in [0.1, 0.15) is 10.0 Å². The van der Waals surface area contributed by atoms with Crippen LogP contribution < -0.4 is 4.72 Å². The molecule has 0 amide bonds. The Kier molecular flexibility index (Phi) is 3.29. The fourth-order valence-corrected chi connectivity index (χ4v) is 3.59. The van der Waals surface area contributed by atoms with Crippen LogP contribution in [0.25, 0.3) is 0 Å². The van der Waals surface area contributed by atoms with E-state index in [9.17, 15) is 8.42 Å². The van der Waals surface area contributed by atoms with Crippen molar-refractivity contribution in [3.05, 3.63) is 34.7 Å². The van der Waals surface area contributed by atoms with E-state index in [1.807, 2.05) is 0 Å². The van der Waals surface area contributed by atoms with Crippen LogP contribution in [0.4, 0.5) is 0 Å². The van der Waals surface area contributed by atoms with Crippen LogP contribution in [0.5, 0.6) is 0 Å². The summed E-state index contributed by atoms with van der Waals surface area (Å²) >= 11 is 6.69. The average molecular weight is 278 g/mol. The first-order valence-corrected chi connectivity index (χ1v) is 6.99. The molecule has 2 aromatic heterocycles. The molecule has 0 aromatic carbocycles. The van der Waals surface area contributed by atoms with Gasteiger partial charge in [0.05, 0.1) is 10.9 Å². The molecule has 0 saturated heterocycles. The highest BCUT2D eigenvalue weighted by atomic mass is 35.5. The topological polar surface area (TPSA) is 74.8 Å². The number of aromatic nitrogens is 2. The number of rotatable bonds is 4. The molecule has 2 rings (SSSR count). The van der Waals surface area contributed by atoms with E-state index in [0.29, 0.717) is 10.2 Å². The molecule has 0 radical (unpaired) electrons. The zero-order chi connectivity index (χ0) is 11.6. The lowest BCUT2D eigenvalue weighted by Crippen LogP contribution is -2.22. The van der Waals surface area contributed by atoms with Crippen molar-refractivity contribution >= 4 is 33.0 Å². The van der Waals surface area contributed by atoms with Crippen LogP contribution in [0.2, 0.25) is 4.34 Å². The number of sulfonamides is 1. The van der Waals surface area contributed by atoms with Crippen LogP contribution in [-0.2, 0) is 16.6 Å². The van der Waals surface area contributed by atoms with E-state index in [1.54, 1.807) is 18.5 Å². The van der Waals surface area contributed by atoms with Gasteiger partial charge in [-0.15, -0.1) is 11.3 Å². The molecule has 0 atom stereocenters. The highest BCUT2D eigenvalue weighted by molar-refractivity contribution is 7.91. The third kappa shape index (κ3) is 2.62. The van der Waals surface area contributed by atoms with Crippen molar-refractivity contribution in [3.63, 3.8) is 0 Å². The van der Waals surface area contributed by atoms with Gasteiger partial charge in [0, 0.05) is 12.4 Å². The maximum Gasteiger partial charge on any atom is 0.250 e. The van der Waals surface area contributed by atoms with Gasteiger partial charge in [-0.2, -0.15) is 0 Å². The molecule has 16 heavy (non-hydrogen) atoms. The average Bonchev–Trinajstić information content (AvgIpc) is 2.85. The van der Waals surface area contributed by atoms with Crippen molar-refractivity contribution in [3.8, 4) is 0 Å². The van der Waals surface area contributed by atoms with Crippen molar-refractivity contribution < 1.29 is 8.42 Å². The molecule has 2 aromatic rings. The minimum absolute atomic E-state index is 0.130. The zero-order valence-electron chi connectivity index (χ0n) is 7.97. The summed E-state index contributed by atoms with van der Waals surface area (Å²) in [6.07, 6.45) is 3.19. The SMILES string of the molecule is O=S(=O)(NCc1ncc[nH]1)c1ccc(Cl)s1. The Balaban J connectivity index is 2.09. The summed E-state index contributed by atoms with van der Waals surface area (Å²) < 4.78 is 26.5. The number of hydrogen-bond donors (Lipinski definition) is 2. The maximum absolute atomic E-state index is 11.7. The van der Waals surface area contributed by atoms with Crippen LogP contribution in [0, 0.1) is 0 Å². The van der Waals surface area contributed by atoms with E-state index >= 15 is 0 Å². The van der Waals surface area contributed by atoms with E-state index in [4.69, 9.17) is 11.6 Å². The Morgan fingerprint density at radius 1 is 1.50 bits per heavy atom. The Morgan fingerprint density at radius 2 is 2.31 bits per heavy atom. The van der Waals surface area contributed by atoms with Crippen molar-refractivity contribution in [2.75, 3.05) is 0 Å². The first-order valence-electron chi connectivity index (χ1n) is 4.31. The molecular formula is C8H8ClN3O2S2. The number of halogens is 1. The summed E-state index contributed by atoms with van der Waals surface area (Å²) in [5, 5.41) is 0. The molecule has 0 spiro atoms. The number of nitrogens with zero attached hydrogens (tertiary/aromatic N) is 1. The molecule has 0 saturated carbocycles. The van der Waals surface area contributed by atoms with E-state index in [-0.39, 0.29) is 10.8 Å². The van der Waals surface area contributed by atoms with Crippen molar-refractivity contribution in [2.45, 2.75) is 10.8 Å². The number of imidazole rings is 1. The smallest absolute Gasteiger partial charge is 0.250 e. The van der Waals surface area contributed by atoms with Gasteiger partial charge in [-0.25, -0.2) is 18.1 Å². The lowest BCUT2D eigenvalue weighted by Gasteiger charge is -2.01. The molecule has 86 valence electrons. The molecule has 8 heteroatoms. The normalized spacial score (nSPS) is 11.8. The van der Waals surface area contributed by atoms with Crippen molar-refractivity contribution in [1.82, 2.24) is 14.7 Å². The minimum Gasteiger partial charge on any atom is -0.347 e. The summed E-state index contributed by atoms with van der Waals surface area (Å²) in [6.45, 7) is 0.130. The number of aromatic amines is 1. The molecule has 0 aliphatic rings. The second kappa shape index (κ2) is 4.54. The third-order valence-corrected chi connectivity index (χ3v) is 4.92. The molecule has 5 nitrogen and oxygen atoms in total. The van der Waals surface area contributed by atoms with E-state index < -0.39 is 10.0 Å². The Morgan fingerprint density at radius 3 is 2.88 bits per heavy atom. The predicted molar refractivity (Wildman–Crippen MR) is 61.9 cm³/mol. The Labute approximate surface area is 102 Å². The van der Waals surface area contributed by atoms with Crippen molar-refractivity contribution in [1.29, 1.82) is 0 Å². The molecular weight excluding hydrogens is 270 g/mol. The third-order valence-electron chi connectivity index (χ3n) is 1.80. The number of thiophene rings is 1. The second-order valence-electron chi connectivity index (χ2n) is 2.92. The quantitative estimate of drug-likeness (QED) is 0.891. The van der Waals surface area contributed by atoms with E-state index in [1.165, 1.54) is 6.07 Å². The monoisotopic (exact) mass is 277 g/mol. The lowest BCUT2D eigenvalue weighted by molar-refractivity contribution is 0.582. The number of nitrogens with one attached hydrogen (secondary N) is 2. The van der Waals surface area contributed by atoms with Gasteiger partial charge in [-0.1, -0.05) is 11.6 Å². The first kappa shape index (κ1) is 11.6. The lowest BCUT2D eigenvalue weighted by atomic mass is 10.6. The van der Waals surface area contributed by atoms with E-state index in [0.717, 1.165) is 11.3 Å². The van der Waals surface area contributed by atoms with Gasteiger partial charge < -0.3 is 4.98 Å².